The van der Waals surface area contributed by atoms with Crippen LogP contribution in [0.2, 0.25) is 0 Å². The molecule has 164 valence electrons. The van der Waals surface area contributed by atoms with Gasteiger partial charge in [-0.2, -0.15) is 0 Å². The van der Waals surface area contributed by atoms with E-state index in [1.165, 1.54) is 12.1 Å². The van der Waals surface area contributed by atoms with Gasteiger partial charge in [-0.15, -0.1) is 0 Å². The summed E-state index contributed by atoms with van der Waals surface area (Å²) in [5.74, 6) is 0.242. The zero-order valence-corrected chi connectivity index (χ0v) is 20.4. The van der Waals surface area contributed by atoms with Gasteiger partial charge in [0, 0.05) is 11.7 Å². The lowest BCUT2D eigenvalue weighted by atomic mass is 9.87. The lowest BCUT2D eigenvalue weighted by molar-refractivity contribution is -0.118. The number of sulfonamides is 1. The highest BCUT2D eigenvalue weighted by molar-refractivity contribution is 9.10. The van der Waals surface area contributed by atoms with E-state index in [0.29, 0.717) is 17.9 Å². The standard InChI is InChI=1S/C22H29BrN2O4S/c1-6-15(2)25-30(27,28)18-10-8-17(9-11-18)24-21(26)14-29-20-12-7-16(13-19(20)23)22(3,4)5/h7-13,15,25H,6,14H2,1-5H3,(H,24,26). The van der Waals surface area contributed by atoms with Gasteiger partial charge in [-0.1, -0.05) is 33.8 Å². The second-order valence-electron chi connectivity index (χ2n) is 8.19. The molecule has 6 nitrogen and oxygen atoms in total. The summed E-state index contributed by atoms with van der Waals surface area (Å²) in [7, 11) is -3.57. The molecule has 0 aliphatic carbocycles. The number of benzene rings is 2. The minimum Gasteiger partial charge on any atom is -0.483 e. The maximum Gasteiger partial charge on any atom is 0.262 e. The number of nitrogens with one attached hydrogen (secondary N) is 2. The van der Waals surface area contributed by atoms with Crippen LogP contribution in [-0.4, -0.2) is 27.0 Å². The molecule has 0 spiro atoms. The molecule has 0 bridgehead atoms. The van der Waals surface area contributed by atoms with Gasteiger partial charge in [-0.05, 0) is 76.7 Å². The molecule has 1 atom stereocenters. The van der Waals surface area contributed by atoms with Crippen LogP contribution >= 0.6 is 15.9 Å². The van der Waals surface area contributed by atoms with Gasteiger partial charge in [0.2, 0.25) is 10.0 Å². The fourth-order valence-corrected chi connectivity index (χ4v) is 4.38. The van der Waals surface area contributed by atoms with Crippen molar-refractivity contribution in [1.82, 2.24) is 4.72 Å². The number of halogens is 1. The third-order valence-corrected chi connectivity index (χ3v) is 6.80. The number of hydrogen-bond acceptors (Lipinski definition) is 4. The van der Waals surface area contributed by atoms with E-state index in [1.807, 2.05) is 25.1 Å². The van der Waals surface area contributed by atoms with Crippen LogP contribution in [0.15, 0.2) is 51.8 Å². The average Bonchev–Trinajstić information content (AvgIpc) is 2.66. The smallest absolute Gasteiger partial charge is 0.262 e. The molecule has 2 N–H and O–H groups in total. The summed E-state index contributed by atoms with van der Waals surface area (Å²) in [5.41, 5.74) is 1.67. The minimum atomic E-state index is -3.57. The van der Waals surface area contributed by atoms with Crippen molar-refractivity contribution in [2.24, 2.45) is 0 Å². The molecular weight excluding hydrogens is 468 g/mol. The quantitative estimate of drug-likeness (QED) is 0.547. The second kappa shape index (κ2) is 9.94. The van der Waals surface area contributed by atoms with Gasteiger partial charge < -0.3 is 10.1 Å². The minimum absolute atomic E-state index is 0.0160. The summed E-state index contributed by atoms with van der Waals surface area (Å²) in [4.78, 5) is 12.4. The van der Waals surface area contributed by atoms with Crippen molar-refractivity contribution < 1.29 is 17.9 Å². The first-order valence-corrected chi connectivity index (χ1v) is 12.0. The Morgan fingerprint density at radius 3 is 2.30 bits per heavy atom. The number of hydrogen-bond donors (Lipinski definition) is 2. The highest BCUT2D eigenvalue weighted by Crippen LogP contribution is 2.31. The zero-order chi connectivity index (χ0) is 22.5. The van der Waals surface area contributed by atoms with E-state index in [4.69, 9.17) is 4.74 Å². The number of rotatable bonds is 8. The molecule has 0 aliphatic heterocycles. The molecule has 30 heavy (non-hydrogen) atoms. The van der Waals surface area contributed by atoms with Crippen LogP contribution in [-0.2, 0) is 20.2 Å². The molecule has 0 aliphatic rings. The highest BCUT2D eigenvalue weighted by Gasteiger charge is 2.17. The third kappa shape index (κ3) is 6.82. The van der Waals surface area contributed by atoms with Gasteiger partial charge in [0.15, 0.2) is 6.61 Å². The second-order valence-corrected chi connectivity index (χ2v) is 10.8. The Hall–Kier alpha value is -1.90. The van der Waals surface area contributed by atoms with Crippen molar-refractivity contribution in [3.8, 4) is 5.75 Å². The van der Waals surface area contributed by atoms with E-state index in [9.17, 15) is 13.2 Å². The Morgan fingerprint density at radius 1 is 1.13 bits per heavy atom. The molecule has 0 saturated heterocycles. The van der Waals surface area contributed by atoms with Crippen molar-refractivity contribution in [2.45, 2.75) is 57.4 Å². The van der Waals surface area contributed by atoms with Crippen LogP contribution in [0.5, 0.6) is 5.75 Å². The Kier molecular flexibility index (Phi) is 8.07. The van der Waals surface area contributed by atoms with Gasteiger partial charge in [-0.3, -0.25) is 4.79 Å². The fourth-order valence-electron chi connectivity index (χ4n) is 2.56. The largest absolute Gasteiger partial charge is 0.483 e. The maximum atomic E-state index is 12.3. The molecule has 0 heterocycles. The predicted molar refractivity (Wildman–Crippen MR) is 123 cm³/mol. The van der Waals surface area contributed by atoms with Crippen LogP contribution in [0.1, 0.15) is 46.6 Å². The SMILES string of the molecule is CCC(C)NS(=O)(=O)c1ccc(NC(=O)COc2ccc(C(C)(C)C)cc2Br)cc1. The van der Waals surface area contributed by atoms with Crippen LogP contribution in [0.3, 0.4) is 0 Å². The molecule has 0 fully saturated rings. The van der Waals surface area contributed by atoms with Crippen LogP contribution in [0.4, 0.5) is 5.69 Å². The van der Waals surface area contributed by atoms with E-state index >= 15 is 0 Å². The summed E-state index contributed by atoms with van der Waals surface area (Å²) in [6, 6.07) is 11.7. The molecule has 0 aromatic heterocycles. The lowest BCUT2D eigenvalue weighted by Crippen LogP contribution is -2.32. The van der Waals surface area contributed by atoms with Gasteiger partial charge in [0.1, 0.15) is 5.75 Å². The van der Waals surface area contributed by atoms with Gasteiger partial charge in [0.05, 0.1) is 9.37 Å². The van der Waals surface area contributed by atoms with Crippen LogP contribution in [0, 0.1) is 0 Å². The Morgan fingerprint density at radius 2 is 1.77 bits per heavy atom. The van der Waals surface area contributed by atoms with Crippen molar-refractivity contribution in [3.63, 3.8) is 0 Å². The number of amides is 1. The van der Waals surface area contributed by atoms with E-state index < -0.39 is 10.0 Å². The Bertz CT molecular complexity index is 983. The molecule has 2 aromatic rings. The first-order valence-electron chi connectivity index (χ1n) is 9.77. The van der Waals surface area contributed by atoms with Crippen molar-refractivity contribution in [2.75, 3.05) is 11.9 Å². The maximum absolute atomic E-state index is 12.3. The van der Waals surface area contributed by atoms with Gasteiger partial charge in [-0.25, -0.2) is 13.1 Å². The summed E-state index contributed by atoms with van der Waals surface area (Å²) in [5, 5.41) is 2.70. The van der Waals surface area contributed by atoms with Gasteiger partial charge >= 0.3 is 0 Å². The van der Waals surface area contributed by atoms with Gasteiger partial charge in [0.25, 0.3) is 5.91 Å². The zero-order valence-electron chi connectivity index (χ0n) is 18.0. The normalized spacial score (nSPS) is 13.0. The van der Waals surface area contributed by atoms with Crippen LogP contribution < -0.4 is 14.8 Å². The van der Waals surface area contributed by atoms with Crippen molar-refractivity contribution >= 4 is 37.5 Å². The van der Waals surface area contributed by atoms with E-state index in [-0.39, 0.29) is 28.9 Å². The highest BCUT2D eigenvalue weighted by atomic mass is 79.9. The molecule has 1 unspecified atom stereocenters. The van der Waals surface area contributed by atoms with Crippen molar-refractivity contribution in [1.29, 1.82) is 0 Å². The summed E-state index contributed by atoms with van der Waals surface area (Å²) >= 11 is 3.49. The average molecular weight is 497 g/mol. The molecule has 8 heteroatoms. The first-order chi connectivity index (χ1) is 13.9. The summed E-state index contributed by atoms with van der Waals surface area (Å²) in [6.45, 7) is 9.93. The Balaban J connectivity index is 1.96. The number of carbonyl (C=O) groups excluding carboxylic acids is 1. The van der Waals surface area contributed by atoms with E-state index in [0.717, 1.165) is 10.0 Å². The monoisotopic (exact) mass is 496 g/mol. The lowest BCUT2D eigenvalue weighted by Gasteiger charge is -2.20. The van der Waals surface area contributed by atoms with E-state index in [1.54, 1.807) is 19.1 Å². The molecule has 1 amide bonds. The summed E-state index contributed by atoms with van der Waals surface area (Å²) < 4.78 is 33.6. The molecule has 0 radical (unpaired) electrons. The number of anilines is 1. The molecule has 0 saturated carbocycles. The topological polar surface area (TPSA) is 84.5 Å². The molecular formula is C22H29BrN2O4S. The molecule has 2 rings (SSSR count). The number of carbonyl (C=O) groups is 1. The summed E-state index contributed by atoms with van der Waals surface area (Å²) in [6.07, 6.45) is 0.697. The predicted octanol–water partition coefficient (Wildman–Crippen LogP) is 4.84. The van der Waals surface area contributed by atoms with Crippen molar-refractivity contribution in [3.05, 3.63) is 52.5 Å². The molecule has 2 aromatic carbocycles. The third-order valence-electron chi connectivity index (χ3n) is 4.57. The number of ether oxygens (including phenoxy) is 1. The van der Waals surface area contributed by atoms with E-state index in [2.05, 4.69) is 46.7 Å². The Labute approximate surface area is 187 Å². The fraction of sp³-hybridized carbons (Fsp3) is 0.409. The van der Waals surface area contributed by atoms with Crippen LogP contribution in [0.25, 0.3) is 0 Å². The first kappa shape index (κ1) is 24.4.